The van der Waals surface area contributed by atoms with E-state index in [1.165, 1.54) is 18.4 Å². The number of ether oxygens (including phenoxy) is 1. The summed E-state index contributed by atoms with van der Waals surface area (Å²) in [5.74, 6) is -0.715. The molecule has 0 amide bonds. The molecule has 128 valence electrons. The summed E-state index contributed by atoms with van der Waals surface area (Å²) >= 11 is 0. The number of hydrogen-bond donors (Lipinski definition) is 0. The molecule has 1 aliphatic heterocycles. The zero-order chi connectivity index (χ0) is 16.3. The van der Waals surface area contributed by atoms with E-state index < -0.39 is 24.4 Å². The largest absolute Gasteiger partial charge is 0.501 e. The van der Waals surface area contributed by atoms with Gasteiger partial charge in [0.15, 0.2) is 19.7 Å². The van der Waals surface area contributed by atoms with Gasteiger partial charge in [0.2, 0.25) is 0 Å². The van der Waals surface area contributed by atoms with Gasteiger partial charge in [-0.15, -0.1) is 0 Å². The third-order valence-electron chi connectivity index (χ3n) is 4.84. The van der Waals surface area contributed by atoms with Crippen molar-refractivity contribution in [2.45, 2.75) is 56.6 Å². The van der Waals surface area contributed by atoms with Gasteiger partial charge in [-0.1, -0.05) is 6.92 Å². The van der Waals surface area contributed by atoms with Gasteiger partial charge in [-0.05, 0) is 50.5 Å². The van der Waals surface area contributed by atoms with E-state index in [4.69, 9.17) is 4.74 Å². The van der Waals surface area contributed by atoms with Crippen molar-refractivity contribution in [2.75, 3.05) is 23.9 Å². The number of allylic oxidation sites excluding steroid dienone is 1. The molecule has 2 rings (SSSR count). The average molecular weight is 351 g/mol. The highest BCUT2D eigenvalue weighted by Crippen LogP contribution is 2.34. The first-order chi connectivity index (χ1) is 10.3. The maximum atomic E-state index is 12.4. The molecule has 2 aliphatic rings. The number of sulfone groups is 2. The lowest BCUT2D eigenvalue weighted by Gasteiger charge is -2.35. The smallest absolute Gasteiger partial charge is 0.157 e. The summed E-state index contributed by atoms with van der Waals surface area (Å²) in [6.07, 6.45) is 7.67. The van der Waals surface area contributed by atoms with Crippen LogP contribution in [0.15, 0.2) is 11.8 Å². The number of rotatable bonds is 6. The summed E-state index contributed by atoms with van der Waals surface area (Å²) in [6.45, 7) is 2.21. The second kappa shape index (κ2) is 6.91. The van der Waals surface area contributed by atoms with Crippen LogP contribution in [0.4, 0.5) is 0 Å². The van der Waals surface area contributed by atoms with Crippen LogP contribution in [0.5, 0.6) is 0 Å². The summed E-state index contributed by atoms with van der Waals surface area (Å²) in [6, 6.07) is 0. The van der Waals surface area contributed by atoms with Crippen molar-refractivity contribution >= 4 is 19.7 Å². The lowest BCUT2D eigenvalue weighted by Crippen LogP contribution is -2.51. The monoisotopic (exact) mass is 350 g/mol. The first kappa shape index (κ1) is 17.8. The maximum absolute atomic E-state index is 12.4. The summed E-state index contributed by atoms with van der Waals surface area (Å²) < 4.78 is 52.9. The lowest BCUT2D eigenvalue weighted by molar-refractivity contribution is 0.232. The van der Waals surface area contributed by atoms with E-state index in [0.717, 1.165) is 12.8 Å². The van der Waals surface area contributed by atoms with Crippen molar-refractivity contribution in [1.82, 2.24) is 0 Å². The average Bonchev–Trinajstić information content (AvgIpc) is 2.96. The first-order valence-corrected chi connectivity index (χ1v) is 11.5. The van der Waals surface area contributed by atoms with Crippen LogP contribution in [0, 0.1) is 0 Å². The molecule has 0 aromatic carbocycles. The topological polar surface area (TPSA) is 77.5 Å². The highest BCUT2D eigenvalue weighted by molar-refractivity contribution is 7.99. The van der Waals surface area contributed by atoms with E-state index in [0.29, 0.717) is 25.9 Å². The fourth-order valence-corrected chi connectivity index (χ4v) is 9.12. The SMILES string of the molecule is CCC1(CCCOC=C2CCCC2)CS(=O)(=O)CCS1(=O)=O. The Kier molecular flexibility index (Phi) is 5.59. The van der Waals surface area contributed by atoms with Crippen LogP contribution in [0.1, 0.15) is 51.9 Å². The van der Waals surface area contributed by atoms with Crippen molar-refractivity contribution < 1.29 is 21.6 Å². The van der Waals surface area contributed by atoms with E-state index in [2.05, 4.69) is 0 Å². The molecule has 5 nitrogen and oxygen atoms in total. The molecule has 0 spiro atoms. The van der Waals surface area contributed by atoms with E-state index in [1.807, 2.05) is 0 Å². The summed E-state index contributed by atoms with van der Waals surface area (Å²) in [4.78, 5) is 0. The first-order valence-electron chi connectivity index (χ1n) is 8.02. The van der Waals surface area contributed by atoms with Crippen LogP contribution in [0.25, 0.3) is 0 Å². The molecule has 0 aromatic rings. The van der Waals surface area contributed by atoms with Crippen molar-refractivity contribution in [2.24, 2.45) is 0 Å². The lowest BCUT2D eigenvalue weighted by atomic mass is 10.0. The van der Waals surface area contributed by atoms with Gasteiger partial charge < -0.3 is 4.74 Å². The predicted molar refractivity (Wildman–Crippen MR) is 87.2 cm³/mol. The van der Waals surface area contributed by atoms with Gasteiger partial charge in [0.1, 0.15) is 0 Å². The predicted octanol–water partition coefficient (Wildman–Crippen LogP) is 2.23. The quantitative estimate of drug-likeness (QED) is 0.542. The van der Waals surface area contributed by atoms with Crippen molar-refractivity contribution in [1.29, 1.82) is 0 Å². The van der Waals surface area contributed by atoms with Gasteiger partial charge in [-0.3, -0.25) is 0 Å². The molecule has 1 saturated carbocycles. The van der Waals surface area contributed by atoms with E-state index in [-0.39, 0.29) is 17.3 Å². The Morgan fingerprint density at radius 3 is 2.45 bits per heavy atom. The van der Waals surface area contributed by atoms with Gasteiger partial charge in [-0.25, -0.2) is 16.8 Å². The minimum atomic E-state index is -3.36. The normalized spacial score (nSPS) is 30.1. The molecule has 22 heavy (non-hydrogen) atoms. The summed E-state index contributed by atoms with van der Waals surface area (Å²) in [5.41, 5.74) is 1.32. The Labute approximate surface area is 134 Å². The molecule has 1 heterocycles. The van der Waals surface area contributed by atoms with E-state index >= 15 is 0 Å². The molecular formula is C15H26O5S2. The van der Waals surface area contributed by atoms with Gasteiger partial charge in [0, 0.05) is 0 Å². The molecule has 0 bridgehead atoms. The van der Waals surface area contributed by atoms with Crippen LogP contribution in [-0.4, -0.2) is 45.4 Å². The third kappa shape index (κ3) is 4.04. The van der Waals surface area contributed by atoms with Gasteiger partial charge >= 0.3 is 0 Å². The zero-order valence-electron chi connectivity index (χ0n) is 13.2. The number of hydrogen-bond acceptors (Lipinski definition) is 5. The molecule has 0 aromatic heterocycles. The molecule has 1 atom stereocenters. The Morgan fingerprint density at radius 2 is 1.82 bits per heavy atom. The zero-order valence-corrected chi connectivity index (χ0v) is 14.8. The van der Waals surface area contributed by atoms with Gasteiger partial charge in [-0.2, -0.15) is 0 Å². The van der Waals surface area contributed by atoms with Crippen molar-refractivity contribution in [3.8, 4) is 0 Å². The van der Waals surface area contributed by atoms with Crippen molar-refractivity contribution in [3.63, 3.8) is 0 Å². The summed E-state index contributed by atoms with van der Waals surface area (Å²) in [7, 11) is -6.62. The minimum Gasteiger partial charge on any atom is -0.501 e. The molecule has 1 unspecified atom stereocenters. The van der Waals surface area contributed by atoms with Crippen LogP contribution >= 0.6 is 0 Å². The minimum absolute atomic E-state index is 0.236. The molecule has 0 radical (unpaired) electrons. The Balaban J connectivity index is 1.93. The Hall–Kier alpha value is -0.560. The van der Waals surface area contributed by atoms with Crippen LogP contribution in [-0.2, 0) is 24.4 Å². The Bertz CT molecular complexity index is 610. The second-order valence-corrected chi connectivity index (χ2v) is 11.1. The molecule has 7 heteroatoms. The van der Waals surface area contributed by atoms with Crippen LogP contribution in [0.2, 0.25) is 0 Å². The van der Waals surface area contributed by atoms with Crippen LogP contribution in [0.3, 0.4) is 0 Å². The van der Waals surface area contributed by atoms with E-state index in [9.17, 15) is 16.8 Å². The van der Waals surface area contributed by atoms with E-state index in [1.54, 1.807) is 13.2 Å². The fraction of sp³-hybridized carbons (Fsp3) is 0.867. The highest BCUT2D eigenvalue weighted by atomic mass is 32.2. The molecular weight excluding hydrogens is 324 g/mol. The maximum Gasteiger partial charge on any atom is 0.157 e. The fourth-order valence-electron chi connectivity index (χ4n) is 3.34. The third-order valence-corrected chi connectivity index (χ3v) is 9.80. The summed E-state index contributed by atoms with van der Waals surface area (Å²) in [5, 5.41) is 0. The molecule has 0 N–H and O–H groups in total. The molecule has 1 saturated heterocycles. The Morgan fingerprint density at radius 1 is 1.14 bits per heavy atom. The molecule has 2 fully saturated rings. The van der Waals surface area contributed by atoms with Crippen LogP contribution < -0.4 is 0 Å². The highest BCUT2D eigenvalue weighted by Gasteiger charge is 2.48. The van der Waals surface area contributed by atoms with Gasteiger partial charge in [0.05, 0.1) is 34.9 Å². The molecule has 1 aliphatic carbocycles. The van der Waals surface area contributed by atoms with Crippen molar-refractivity contribution in [3.05, 3.63) is 11.8 Å². The second-order valence-electron chi connectivity index (χ2n) is 6.41. The standard InChI is InChI=1S/C15H26O5S2/c1-2-15(13-21(16,17)10-11-22(15,18)19)8-5-9-20-12-14-6-3-4-7-14/h12H,2-11,13H2,1H3. The van der Waals surface area contributed by atoms with Gasteiger partial charge in [0.25, 0.3) is 0 Å².